The molecule has 0 saturated carbocycles. The van der Waals surface area contributed by atoms with E-state index >= 15 is 0 Å². The lowest BCUT2D eigenvalue weighted by atomic mass is 9.98. The van der Waals surface area contributed by atoms with Gasteiger partial charge in [0.1, 0.15) is 24.2 Å². The van der Waals surface area contributed by atoms with Gasteiger partial charge in [0, 0.05) is 29.5 Å². The number of ether oxygens (including phenoxy) is 2. The Morgan fingerprint density at radius 1 is 1.28 bits per heavy atom. The maximum absolute atomic E-state index is 13.8. The van der Waals surface area contributed by atoms with Crippen LogP contribution >= 0.6 is 0 Å². The van der Waals surface area contributed by atoms with Crippen molar-refractivity contribution in [3.8, 4) is 0 Å². The van der Waals surface area contributed by atoms with E-state index in [1.165, 1.54) is 19.2 Å². The van der Waals surface area contributed by atoms with Gasteiger partial charge >= 0.3 is 5.97 Å². The number of carboxylic acids is 1. The molecule has 0 radical (unpaired) electrons. The van der Waals surface area contributed by atoms with Crippen LogP contribution in [0, 0.1) is 5.82 Å². The SMILES string of the molecule is COC(C)C(NCCCc1ccc2c(c1)CO/C2=C1/C(=O)Nc2ccc(F)cc21)C(=O)O. The monoisotopic (exact) mass is 440 g/mol. The minimum atomic E-state index is -0.938. The molecule has 0 saturated heterocycles. The number of aryl methyl sites for hydroxylation is 1. The zero-order valence-corrected chi connectivity index (χ0v) is 17.9. The number of hydrogen-bond acceptors (Lipinski definition) is 5. The molecular weight excluding hydrogens is 415 g/mol. The Kier molecular flexibility index (Phi) is 6.25. The van der Waals surface area contributed by atoms with E-state index in [1.807, 2.05) is 18.2 Å². The molecule has 32 heavy (non-hydrogen) atoms. The standard InChI is InChI=1S/C24H25FN2O5/c1-13(31-2)21(24(29)30)26-9-3-4-14-5-7-17-15(10-14)12-32-22(17)20-18-11-16(25)6-8-19(18)27-23(20)28/h5-8,10-11,13,21,26H,3-4,9,12H2,1-2H3,(H,27,28)(H,29,30)/b22-20+. The lowest BCUT2D eigenvalue weighted by molar-refractivity contribution is -0.142. The van der Waals surface area contributed by atoms with Gasteiger partial charge in [0.05, 0.1) is 11.7 Å². The van der Waals surface area contributed by atoms with Crippen LogP contribution in [-0.2, 0) is 32.1 Å². The average molecular weight is 440 g/mol. The summed E-state index contributed by atoms with van der Waals surface area (Å²) in [7, 11) is 1.49. The minimum Gasteiger partial charge on any atom is -0.487 e. The predicted molar refractivity (Wildman–Crippen MR) is 117 cm³/mol. The highest BCUT2D eigenvalue weighted by molar-refractivity contribution is 6.36. The summed E-state index contributed by atoms with van der Waals surface area (Å²) in [6, 6.07) is 9.37. The van der Waals surface area contributed by atoms with Gasteiger partial charge in [0.15, 0.2) is 0 Å². The molecule has 2 aromatic carbocycles. The van der Waals surface area contributed by atoms with E-state index in [0.29, 0.717) is 35.7 Å². The second kappa shape index (κ2) is 9.10. The summed E-state index contributed by atoms with van der Waals surface area (Å²) in [6.45, 7) is 2.59. The number of nitrogens with one attached hydrogen (secondary N) is 2. The van der Waals surface area contributed by atoms with Crippen molar-refractivity contribution in [2.75, 3.05) is 19.0 Å². The summed E-state index contributed by atoms with van der Waals surface area (Å²) in [5.74, 6) is -1.19. The van der Waals surface area contributed by atoms with Gasteiger partial charge in [0.2, 0.25) is 0 Å². The lowest BCUT2D eigenvalue weighted by Crippen LogP contribution is -2.46. The Labute approximate surface area is 185 Å². The van der Waals surface area contributed by atoms with E-state index in [2.05, 4.69) is 10.6 Å². The minimum absolute atomic E-state index is 0.304. The molecule has 2 aliphatic heterocycles. The fourth-order valence-electron chi connectivity index (χ4n) is 4.08. The second-order valence-corrected chi connectivity index (χ2v) is 7.94. The first-order valence-corrected chi connectivity index (χ1v) is 10.5. The van der Waals surface area contributed by atoms with Crippen molar-refractivity contribution in [1.29, 1.82) is 0 Å². The Bertz CT molecular complexity index is 1100. The van der Waals surface area contributed by atoms with Crippen molar-refractivity contribution in [2.24, 2.45) is 0 Å². The molecule has 168 valence electrons. The van der Waals surface area contributed by atoms with Crippen LogP contribution < -0.4 is 10.6 Å². The number of fused-ring (bicyclic) bond motifs is 2. The summed E-state index contributed by atoms with van der Waals surface area (Å²) < 4.78 is 24.7. The molecule has 0 bridgehead atoms. The van der Waals surface area contributed by atoms with E-state index < -0.39 is 23.9 Å². The molecule has 2 heterocycles. The number of carbonyl (C=O) groups excluding carboxylic acids is 1. The molecule has 0 aliphatic carbocycles. The first kappa shape index (κ1) is 22.0. The van der Waals surface area contributed by atoms with Crippen LogP contribution in [0.2, 0.25) is 0 Å². The highest BCUT2D eigenvalue weighted by atomic mass is 19.1. The van der Waals surface area contributed by atoms with Gasteiger partial charge in [-0.15, -0.1) is 0 Å². The number of amides is 1. The number of rotatable bonds is 8. The summed E-state index contributed by atoms with van der Waals surface area (Å²) in [6.07, 6.45) is 1.08. The maximum atomic E-state index is 13.8. The molecule has 2 atom stereocenters. The molecule has 7 nitrogen and oxygen atoms in total. The zero-order chi connectivity index (χ0) is 22.8. The quantitative estimate of drug-likeness (QED) is 0.431. The second-order valence-electron chi connectivity index (χ2n) is 7.94. The van der Waals surface area contributed by atoms with E-state index in [1.54, 1.807) is 13.0 Å². The third-order valence-corrected chi connectivity index (χ3v) is 5.85. The highest BCUT2D eigenvalue weighted by Gasteiger charge is 2.32. The van der Waals surface area contributed by atoms with Crippen molar-refractivity contribution in [2.45, 2.75) is 38.5 Å². The van der Waals surface area contributed by atoms with Gasteiger partial charge < -0.3 is 25.2 Å². The van der Waals surface area contributed by atoms with Crippen LogP contribution in [0.25, 0.3) is 11.3 Å². The Balaban J connectivity index is 1.46. The third kappa shape index (κ3) is 4.24. The fraction of sp³-hybridized carbons (Fsp3) is 0.333. The van der Waals surface area contributed by atoms with Crippen molar-refractivity contribution < 1.29 is 28.6 Å². The van der Waals surface area contributed by atoms with Gasteiger partial charge in [-0.25, -0.2) is 4.39 Å². The smallest absolute Gasteiger partial charge is 0.323 e. The molecule has 2 unspecified atom stereocenters. The molecule has 1 amide bonds. The molecule has 0 fully saturated rings. The van der Waals surface area contributed by atoms with Gasteiger partial charge in [-0.1, -0.05) is 18.2 Å². The van der Waals surface area contributed by atoms with Crippen molar-refractivity contribution in [3.63, 3.8) is 0 Å². The molecule has 4 rings (SSSR count). The van der Waals surface area contributed by atoms with E-state index in [0.717, 1.165) is 29.5 Å². The molecule has 0 spiro atoms. The number of hydrogen-bond donors (Lipinski definition) is 3. The molecule has 2 aliphatic rings. The van der Waals surface area contributed by atoms with Crippen LogP contribution in [0.15, 0.2) is 36.4 Å². The molecule has 8 heteroatoms. The first-order chi connectivity index (χ1) is 15.4. The first-order valence-electron chi connectivity index (χ1n) is 10.5. The third-order valence-electron chi connectivity index (χ3n) is 5.85. The summed E-state index contributed by atoms with van der Waals surface area (Å²) in [5.41, 5.74) is 4.31. The maximum Gasteiger partial charge on any atom is 0.323 e. The van der Waals surface area contributed by atoms with Crippen LogP contribution in [0.5, 0.6) is 0 Å². The number of benzene rings is 2. The normalized spacial score (nSPS) is 18.5. The zero-order valence-electron chi connectivity index (χ0n) is 17.9. The van der Waals surface area contributed by atoms with Gasteiger partial charge in [-0.3, -0.25) is 9.59 Å². The number of methoxy groups -OCH3 is 1. The molecule has 3 N–H and O–H groups in total. The summed E-state index contributed by atoms with van der Waals surface area (Å²) >= 11 is 0. The molecule has 2 aromatic rings. The lowest BCUT2D eigenvalue weighted by Gasteiger charge is -2.20. The highest BCUT2D eigenvalue weighted by Crippen LogP contribution is 2.41. The van der Waals surface area contributed by atoms with Crippen LogP contribution in [0.1, 0.15) is 35.6 Å². The molecular formula is C24H25FN2O5. The Hall–Kier alpha value is -3.23. The number of anilines is 1. The summed E-state index contributed by atoms with van der Waals surface area (Å²) in [5, 5.41) is 15.1. The van der Waals surface area contributed by atoms with Gasteiger partial charge in [0.25, 0.3) is 5.91 Å². The van der Waals surface area contributed by atoms with Crippen molar-refractivity contribution in [3.05, 3.63) is 64.5 Å². The number of aliphatic carboxylic acids is 1. The average Bonchev–Trinajstić information content (AvgIpc) is 3.31. The van der Waals surface area contributed by atoms with Gasteiger partial charge in [-0.2, -0.15) is 0 Å². The predicted octanol–water partition coefficient (Wildman–Crippen LogP) is 3.19. The van der Waals surface area contributed by atoms with Gasteiger partial charge in [-0.05, 0) is 50.1 Å². The Morgan fingerprint density at radius 2 is 2.09 bits per heavy atom. The number of halogens is 1. The van der Waals surface area contributed by atoms with Crippen LogP contribution in [-0.4, -0.2) is 42.8 Å². The van der Waals surface area contributed by atoms with E-state index in [-0.39, 0.29) is 5.91 Å². The van der Waals surface area contributed by atoms with Crippen molar-refractivity contribution >= 4 is 28.9 Å². The summed E-state index contributed by atoms with van der Waals surface area (Å²) in [4.78, 5) is 23.9. The van der Waals surface area contributed by atoms with Crippen LogP contribution in [0.4, 0.5) is 10.1 Å². The van der Waals surface area contributed by atoms with E-state index in [9.17, 15) is 19.1 Å². The van der Waals surface area contributed by atoms with Crippen molar-refractivity contribution in [1.82, 2.24) is 5.32 Å². The fourth-order valence-corrected chi connectivity index (χ4v) is 4.08. The van der Waals surface area contributed by atoms with Crippen LogP contribution in [0.3, 0.4) is 0 Å². The number of carboxylic acid groups (broad SMARTS) is 1. The Morgan fingerprint density at radius 3 is 2.84 bits per heavy atom. The largest absolute Gasteiger partial charge is 0.487 e. The molecule has 0 aromatic heterocycles. The topological polar surface area (TPSA) is 96.9 Å². The van der Waals surface area contributed by atoms with E-state index in [4.69, 9.17) is 9.47 Å². The number of carbonyl (C=O) groups is 2.